The van der Waals surface area contributed by atoms with E-state index in [0.29, 0.717) is 18.4 Å². The Morgan fingerprint density at radius 3 is 2.50 bits per heavy atom. The van der Waals surface area contributed by atoms with Crippen LogP contribution in [0.15, 0.2) is 30.3 Å². The smallest absolute Gasteiger partial charge is 0.152 e. The molecule has 0 bridgehead atoms. The Bertz CT molecular complexity index is 620. The number of hydrogen-bond acceptors (Lipinski definition) is 4. The molecule has 0 amide bonds. The molecule has 0 aliphatic carbocycles. The summed E-state index contributed by atoms with van der Waals surface area (Å²) >= 11 is 0. The molecule has 1 saturated heterocycles. The summed E-state index contributed by atoms with van der Waals surface area (Å²) in [7, 11) is -3.26. The summed E-state index contributed by atoms with van der Waals surface area (Å²) in [6, 6.07) is 11.1. The Kier molecular flexibility index (Phi) is 3.90. The Labute approximate surface area is 120 Å². The van der Waals surface area contributed by atoms with Crippen molar-refractivity contribution in [2.45, 2.75) is 31.8 Å². The number of aliphatic hydroxyl groups is 1. The summed E-state index contributed by atoms with van der Waals surface area (Å²) in [5, 5.41) is 20.8. The van der Waals surface area contributed by atoms with E-state index < -0.39 is 20.9 Å². The Morgan fingerprint density at radius 2 is 2.05 bits per heavy atom. The van der Waals surface area contributed by atoms with Gasteiger partial charge in [0, 0.05) is 0 Å². The molecule has 2 atom stereocenters. The molecule has 0 aromatic heterocycles. The van der Waals surface area contributed by atoms with Crippen LogP contribution in [0.1, 0.15) is 31.7 Å². The standard InChI is InChI=1S/C15H19NO3S/c1-2-8-15(17,13-6-4-3-5-7-13)14(11-16)9-10-20(18,19)12-14/h3-7,17H,2,8-10,12H2,1H3. The molecular formula is C15H19NO3S. The first kappa shape index (κ1) is 15.0. The van der Waals surface area contributed by atoms with Crippen LogP contribution in [0.2, 0.25) is 0 Å². The molecule has 1 N–H and O–H groups in total. The summed E-state index contributed by atoms with van der Waals surface area (Å²) in [5.41, 5.74) is -2.04. The van der Waals surface area contributed by atoms with Crippen LogP contribution in [-0.4, -0.2) is 25.0 Å². The second-order valence-electron chi connectivity index (χ2n) is 5.51. The van der Waals surface area contributed by atoms with Gasteiger partial charge in [-0.05, 0) is 18.4 Å². The summed E-state index contributed by atoms with van der Waals surface area (Å²) < 4.78 is 23.7. The van der Waals surface area contributed by atoms with Crippen LogP contribution in [0.4, 0.5) is 0 Å². The van der Waals surface area contributed by atoms with Crippen LogP contribution in [-0.2, 0) is 15.4 Å². The Hall–Kier alpha value is -1.38. The van der Waals surface area contributed by atoms with Crippen molar-refractivity contribution < 1.29 is 13.5 Å². The molecule has 2 unspecified atom stereocenters. The van der Waals surface area contributed by atoms with Gasteiger partial charge in [0.2, 0.25) is 0 Å². The fraction of sp³-hybridized carbons (Fsp3) is 0.533. The maximum absolute atomic E-state index is 11.8. The van der Waals surface area contributed by atoms with E-state index in [0.717, 1.165) is 0 Å². The Morgan fingerprint density at radius 1 is 1.40 bits per heavy atom. The molecule has 108 valence electrons. The predicted molar refractivity (Wildman–Crippen MR) is 76.6 cm³/mol. The molecule has 4 nitrogen and oxygen atoms in total. The van der Waals surface area contributed by atoms with Gasteiger partial charge >= 0.3 is 0 Å². The van der Waals surface area contributed by atoms with Gasteiger partial charge in [0.15, 0.2) is 9.84 Å². The van der Waals surface area contributed by atoms with E-state index in [1.165, 1.54) is 0 Å². The van der Waals surface area contributed by atoms with E-state index in [9.17, 15) is 18.8 Å². The molecule has 1 fully saturated rings. The summed E-state index contributed by atoms with van der Waals surface area (Å²) in [4.78, 5) is 0. The normalized spacial score (nSPS) is 27.6. The fourth-order valence-electron chi connectivity index (χ4n) is 3.09. The molecular weight excluding hydrogens is 274 g/mol. The number of nitriles is 1. The van der Waals surface area contributed by atoms with Crippen LogP contribution < -0.4 is 0 Å². The van der Waals surface area contributed by atoms with E-state index in [1.807, 2.05) is 13.0 Å². The molecule has 0 radical (unpaired) electrons. The van der Waals surface area contributed by atoms with Crippen LogP contribution in [0, 0.1) is 16.7 Å². The molecule has 1 heterocycles. The molecule has 0 saturated carbocycles. The highest BCUT2D eigenvalue weighted by Crippen LogP contribution is 2.49. The molecule has 2 rings (SSSR count). The van der Waals surface area contributed by atoms with Crippen molar-refractivity contribution in [2.24, 2.45) is 5.41 Å². The van der Waals surface area contributed by atoms with Crippen molar-refractivity contribution in [2.75, 3.05) is 11.5 Å². The lowest BCUT2D eigenvalue weighted by atomic mass is 9.67. The minimum Gasteiger partial charge on any atom is -0.383 e. The van der Waals surface area contributed by atoms with Crippen LogP contribution in [0.25, 0.3) is 0 Å². The van der Waals surface area contributed by atoms with Crippen molar-refractivity contribution in [1.29, 1.82) is 5.26 Å². The lowest BCUT2D eigenvalue weighted by Gasteiger charge is -2.40. The van der Waals surface area contributed by atoms with E-state index >= 15 is 0 Å². The highest BCUT2D eigenvalue weighted by atomic mass is 32.2. The van der Waals surface area contributed by atoms with Crippen molar-refractivity contribution in [3.8, 4) is 6.07 Å². The minimum atomic E-state index is -3.26. The van der Waals surface area contributed by atoms with Gasteiger partial charge < -0.3 is 5.11 Å². The molecule has 20 heavy (non-hydrogen) atoms. The van der Waals surface area contributed by atoms with Gasteiger partial charge in [-0.3, -0.25) is 0 Å². The van der Waals surface area contributed by atoms with E-state index in [2.05, 4.69) is 6.07 Å². The first-order chi connectivity index (χ1) is 9.39. The summed E-state index contributed by atoms with van der Waals surface area (Å²) in [6.07, 6.45) is 1.24. The maximum Gasteiger partial charge on any atom is 0.152 e. The van der Waals surface area contributed by atoms with E-state index in [-0.39, 0.29) is 17.9 Å². The van der Waals surface area contributed by atoms with Gasteiger partial charge in [0.05, 0.1) is 17.6 Å². The van der Waals surface area contributed by atoms with E-state index in [4.69, 9.17) is 0 Å². The third-order valence-corrected chi connectivity index (χ3v) is 5.93. The fourth-order valence-corrected chi connectivity index (χ4v) is 5.09. The van der Waals surface area contributed by atoms with Crippen LogP contribution in [0.3, 0.4) is 0 Å². The first-order valence-electron chi connectivity index (χ1n) is 6.79. The lowest BCUT2D eigenvalue weighted by Crippen LogP contribution is -2.46. The second-order valence-corrected chi connectivity index (χ2v) is 7.70. The van der Waals surface area contributed by atoms with Crippen molar-refractivity contribution in [1.82, 2.24) is 0 Å². The van der Waals surface area contributed by atoms with Gasteiger partial charge in [0.1, 0.15) is 11.0 Å². The molecule has 1 aromatic carbocycles. The van der Waals surface area contributed by atoms with Crippen LogP contribution >= 0.6 is 0 Å². The zero-order chi connectivity index (χ0) is 14.9. The molecule has 1 aliphatic rings. The molecule has 0 spiro atoms. The zero-order valence-corrected chi connectivity index (χ0v) is 12.4. The average Bonchev–Trinajstić information content (AvgIpc) is 2.77. The third-order valence-electron chi connectivity index (χ3n) is 4.18. The Balaban J connectivity index is 2.56. The lowest BCUT2D eigenvalue weighted by molar-refractivity contribution is -0.0579. The monoisotopic (exact) mass is 293 g/mol. The van der Waals surface area contributed by atoms with Crippen LogP contribution in [0.5, 0.6) is 0 Å². The topological polar surface area (TPSA) is 78.2 Å². The van der Waals surface area contributed by atoms with Gasteiger partial charge in [-0.1, -0.05) is 43.7 Å². The highest BCUT2D eigenvalue weighted by Gasteiger charge is 2.57. The number of hydrogen-bond donors (Lipinski definition) is 1. The molecule has 1 aromatic rings. The number of nitrogens with zero attached hydrogens (tertiary/aromatic N) is 1. The second kappa shape index (κ2) is 5.19. The van der Waals surface area contributed by atoms with Gasteiger partial charge in [0.25, 0.3) is 0 Å². The minimum absolute atomic E-state index is 0.0284. The third kappa shape index (κ3) is 2.34. The zero-order valence-electron chi connectivity index (χ0n) is 11.5. The number of sulfone groups is 1. The number of rotatable bonds is 4. The van der Waals surface area contributed by atoms with Crippen molar-refractivity contribution >= 4 is 9.84 Å². The van der Waals surface area contributed by atoms with Gasteiger partial charge in [-0.25, -0.2) is 8.42 Å². The molecule has 5 heteroatoms. The van der Waals surface area contributed by atoms with Gasteiger partial charge in [-0.2, -0.15) is 5.26 Å². The van der Waals surface area contributed by atoms with Crippen molar-refractivity contribution in [3.63, 3.8) is 0 Å². The highest BCUT2D eigenvalue weighted by molar-refractivity contribution is 7.91. The molecule has 1 aliphatic heterocycles. The average molecular weight is 293 g/mol. The van der Waals surface area contributed by atoms with Crippen molar-refractivity contribution in [3.05, 3.63) is 35.9 Å². The largest absolute Gasteiger partial charge is 0.383 e. The number of benzene rings is 1. The summed E-state index contributed by atoms with van der Waals surface area (Å²) in [6.45, 7) is 1.92. The maximum atomic E-state index is 11.8. The quantitative estimate of drug-likeness (QED) is 0.921. The van der Waals surface area contributed by atoms with Gasteiger partial charge in [-0.15, -0.1) is 0 Å². The summed E-state index contributed by atoms with van der Waals surface area (Å²) in [5.74, 6) is -0.290. The first-order valence-corrected chi connectivity index (χ1v) is 8.61. The SMILES string of the molecule is CCCC(O)(c1ccccc1)C1(C#N)CCS(=O)(=O)C1. The predicted octanol–water partition coefficient (Wildman–Crippen LogP) is 2.00. The van der Waals surface area contributed by atoms with E-state index in [1.54, 1.807) is 24.3 Å².